The Morgan fingerprint density at radius 1 is 1.62 bits per heavy atom. The van der Waals surface area contributed by atoms with Gasteiger partial charge in [-0.25, -0.2) is 0 Å². The van der Waals surface area contributed by atoms with Crippen molar-refractivity contribution in [3.63, 3.8) is 0 Å². The lowest BCUT2D eigenvalue weighted by Gasteiger charge is -2.00. The van der Waals surface area contributed by atoms with Gasteiger partial charge in [-0.1, -0.05) is 12.2 Å². The lowest BCUT2D eigenvalue weighted by molar-refractivity contribution is -0.384. The summed E-state index contributed by atoms with van der Waals surface area (Å²) in [6.07, 6.45) is 0. The van der Waals surface area contributed by atoms with E-state index in [0.717, 1.165) is 0 Å². The first kappa shape index (κ1) is 10.1. The number of non-ortho nitro benzene ring substituents is 1. The predicted molar refractivity (Wildman–Crippen MR) is 56.7 cm³/mol. The van der Waals surface area contributed by atoms with Crippen LogP contribution in [0, 0.1) is 10.1 Å². The van der Waals surface area contributed by atoms with E-state index in [1.807, 2.05) is 0 Å². The third-order valence-corrected chi connectivity index (χ3v) is 2.30. The van der Waals surface area contributed by atoms with Crippen molar-refractivity contribution in [1.29, 1.82) is 0 Å². The van der Waals surface area contributed by atoms with Crippen molar-refractivity contribution in [3.8, 4) is 0 Å². The number of nitrogens with zero attached hydrogens (tertiary/aromatic N) is 1. The van der Waals surface area contributed by atoms with Gasteiger partial charge in [0.25, 0.3) is 5.69 Å². The molecule has 1 aromatic carbocycles. The maximum Gasteiger partial charge on any atom is 0.270 e. The summed E-state index contributed by atoms with van der Waals surface area (Å²) >= 11 is 7.88. The second-order valence-corrected chi connectivity index (χ2v) is 3.58. The number of nitro groups is 1. The molecular formula is C7H5BrN2O2S. The molecule has 0 saturated heterocycles. The summed E-state index contributed by atoms with van der Waals surface area (Å²) in [6, 6.07) is 4.25. The zero-order valence-electron chi connectivity index (χ0n) is 6.36. The first-order chi connectivity index (χ1) is 6.02. The van der Waals surface area contributed by atoms with Gasteiger partial charge in [0.2, 0.25) is 0 Å². The molecule has 0 bridgehead atoms. The molecule has 0 saturated carbocycles. The fourth-order valence-corrected chi connectivity index (χ4v) is 1.71. The van der Waals surface area contributed by atoms with E-state index in [4.69, 9.17) is 18.0 Å². The summed E-state index contributed by atoms with van der Waals surface area (Å²) < 4.78 is 0.536. The van der Waals surface area contributed by atoms with Gasteiger partial charge in [-0.3, -0.25) is 10.1 Å². The third-order valence-electron chi connectivity index (χ3n) is 1.43. The van der Waals surface area contributed by atoms with Crippen LogP contribution in [0.2, 0.25) is 0 Å². The van der Waals surface area contributed by atoms with Gasteiger partial charge in [-0.2, -0.15) is 0 Å². The van der Waals surface area contributed by atoms with Crippen molar-refractivity contribution in [2.24, 2.45) is 5.73 Å². The van der Waals surface area contributed by atoms with Crippen LogP contribution >= 0.6 is 28.1 Å². The smallest absolute Gasteiger partial charge is 0.270 e. The molecule has 0 aliphatic rings. The Kier molecular flexibility index (Phi) is 2.94. The molecule has 0 radical (unpaired) electrons. The minimum Gasteiger partial charge on any atom is -0.389 e. The minimum atomic E-state index is -0.478. The lowest BCUT2D eigenvalue weighted by atomic mass is 10.2. The van der Waals surface area contributed by atoms with Crippen molar-refractivity contribution in [2.45, 2.75) is 0 Å². The fourth-order valence-electron chi connectivity index (χ4n) is 0.817. The summed E-state index contributed by atoms with van der Waals surface area (Å²) in [6.45, 7) is 0. The fraction of sp³-hybridized carbons (Fsp3) is 0. The molecule has 13 heavy (non-hydrogen) atoms. The number of hydrogen-bond acceptors (Lipinski definition) is 3. The number of halogens is 1. The van der Waals surface area contributed by atoms with Crippen molar-refractivity contribution in [3.05, 3.63) is 38.3 Å². The molecule has 0 atom stereocenters. The van der Waals surface area contributed by atoms with Crippen molar-refractivity contribution >= 4 is 38.8 Å². The number of nitrogens with two attached hydrogens (primary N) is 1. The van der Waals surface area contributed by atoms with Crippen LogP contribution in [0.5, 0.6) is 0 Å². The number of nitro benzene ring substituents is 1. The molecule has 0 spiro atoms. The molecule has 0 aliphatic heterocycles. The number of benzene rings is 1. The van der Waals surface area contributed by atoms with Crippen molar-refractivity contribution in [2.75, 3.05) is 0 Å². The Labute approximate surface area is 88.0 Å². The van der Waals surface area contributed by atoms with Gasteiger partial charge >= 0.3 is 0 Å². The maximum atomic E-state index is 10.4. The summed E-state index contributed by atoms with van der Waals surface area (Å²) in [4.78, 5) is 10.1. The van der Waals surface area contributed by atoms with Crippen LogP contribution in [0.15, 0.2) is 22.7 Å². The zero-order valence-corrected chi connectivity index (χ0v) is 8.76. The molecule has 2 N–H and O–H groups in total. The molecule has 0 unspecified atom stereocenters. The molecule has 1 rings (SSSR count). The van der Waals surface area contributed by atoms with Gasteiger partial charge in [0.1, 0.15) is 4.99 Å². The molecular weight excluding hydrogens is 256 g/mol. The predicted octanol–water partition coefficient (Wildman–Crippen LogP) is 1.99. The van der Waals surface area contributed by atoms with Crippen LogP contribution in [0.3, 0.4) is 0 Å². The van der Waals surface area contributed by atoms with Gasteiger partial charge < -0.3 is 5.73 Å². The Hall–Kier alpha value is -1.01. The van der Waals surface area contributed by atoms with Crippen LogP contribution in [-0.4, -0.2) is 9.91 Å². The quantitative estimate of drug-likeness (QED) is 0.502. The zero-order chi connectivity index (χ0) is 10.0. The summed E-state index contributed by atoms with van der Waals surface area (Å²) in [5, 5.41) is 10.4. The van der Waals surface area contributed by atoms with Gasteiger partial charge in [0, 0.05) is 22.2 Å². The van der Waals surface area contributed by atoms with E-state index < -0.39 is 4.92 Å². The SMILES string of the molecule is NC(=S)c1ccc([N+](=O)[O-])cc1Br. The standard InChI is InChI=1S/C7H5BrN2O2S/c8-6-3-4(10(11)12)1-2-5(6)7(9)13/h1-3H,(H2,9,13). The number of rotatable bonds is 2. The largest absolute Gasteiger partial charge is 0.389 e. The summed E-state index contributed by atoms with van der Waals surface area (Å²) in [5.41, 5.74) is 5.98. The summed E-state index contributed by atoms with van der Waals surface area (Å²) in [7, 11) is 0. The van der Waals surface area contributed by atoms with E-state index in [0.29, 0.717) is 10.0 Å². The first-order valence-corrected chi connectivity index (χ1v) is 4.46. The van der Waals surface area contributed by atoms with E-state index in [1.54, 1.807) is 0 Å². The Bertz CT molecular complexity index is 381. The molecule has 0 fully saturated rings. The van der Waals surface area contributed by atoms with E-state index >= 15 is 0 Å². The van der Waals surface area contributed by atoms with Crippen LogP contribution in [0.4, 0.5) is 5.69 Å². The Morgan fingerprint density at radius 2 is 2.23 bits per heavy atom. The Morgan fingerprint density at radius 3 is 2.62 bits per heavy atom. The van der Waals surface area contributed by atoms with E-state index in [-0.39, 0.29) is 10.7 Å². The topological polar surface area (TPSA) is 69.2 Å². The van der Waals surface area contributed by atoms with Crippen molar-refractivity contribution < 1.29 is 4.92 Å². The van der Waals surface area contributed by atoms with Crippen LogP contribution in [-0.2, 0) is 0 Å². The molecule has 1 aromatic rings. The Balaban J connectivity index is 3.20. The highest BCUT2D eigenvalue weighted by molar-refractivity contribution is 9.10. The molecule has 0 heterocycles. The van der Waals surface area contributed by atoms with Crippen molar-refractivity contribution in [1.82, 2.24) is 0 Å². The van der Waals surface area contributed by atoms with Crippen LogP contribution in [0.1, 0.15) is 5.56 Å². The van der Waals surface area contributed by atoms with Crippen LogP contribution in [0.25, 0.3) is 0 Å². The van der Waals surface area contributed by atoms with E-state index in [2.05, 4.69) is 15.9 Å². The maximum absolute atomic E-state index is 10.4. The molecule has 0 amide bonds. The summed E-state index contributed by atoms with van der Waals surface area (Å²) in [5.74, 6) is 0. The number of thiocarbonyl (C=S) groups is 1. The monoisotopic (exact) mass is 260 g/mol. The highest BCUT2D eigenvalue weighted by Crippen LogP contribution is 2.22. The van der Waals surface area contributed by atoms with E-state index in [9.17, 15) is 10.1 Å². The third kappa shape index (κ3) is 2.22. The molecule has 4 nitrogen and oxygen atoms in total. The van der Waals surface area contributed by atoms with Gasteiger partial charge in [-0.15, -0.1) is 0 Å². The first-order valence-electron chi connectivity index (χ1n) is 3.26. The minimum absolute atomic E-state index is 0.00637. The molecule has 0 aromatic heterocycles. The highest BCUT2D eigenvalue weighted by atomic mass is 79.9. The second kappa shape index (κ2) is 3.80. The normalized spacial score (nSPS) is 9.62. The molecule has 68 valence electrons. The molecule has 0 aliphatic carbocycles. The number of hydrogen-bond donors (Lipinski definition) is 1. The lowest BCUT2D eigenvalue weighted by Crippen LogP contribution is -2.10. The second-order valence-electron chi connectivity index (χ2n) is 2.29. The van der Waals surface area contributed by atoms with Gasteiger partial charge in [0.05, 0.1) is 4.92 Å². The van der Waals surface area contributed by atoms with E-state index in [1.165, 1.54) is 18.2 Å². The molecule has 6 heteroatoms. The average Bonchev–Trinajstić information content (AvgIpc) is 2.03. The van der Waals surface area contributed by atoms with Gasteiger partial charge in [-0.05, 0) is 22.0 Å². The average molecular weight is 261 g/mol. The van der Waals surface area contributed by atoms with Crippen LogP contribution < -0.4 is 5.73 Å². The van der Waals surface area contributed by atoms with Gasteiger partial charge in [0.15, 0.2) is 0 Å². The highest BCUT2D eigenvalue weighted by Gasteiger charge is 2.09.